The first-order valence-corrected chi connectivity index (χ1v) is 2.89. The molecule has 0 aromatic carbocycles. The van der Waals surface area contributed by atoms with Crippen LogP contribution in [-0.4, -0.2) is 10.9 Å². The SMILES string of the molecule is CC(C)(C)OO.FC(F)=C(F)F. The van der Waals surface area contributed by atoms with Crippen LogP contribution in [0, 0.1) is 0 Å². The molecule has 1 N–H and O–H groups in total. The summed E-state index contributed by atoms with van der Waals surface area (Å²) >= 11 is 0. The van der Waals surface area contributed by atoms with Crippen LogP contribution in [0.4, 0.5) is 17.6 Å². The Bertz CT molecular complexity index is 132. The van der Waals surface area contributed by atoms with Crippen molar-refractivity contribution in [3.8, 4) is 0 Å². The molecule has 0 spiro atoms. The fourth-order valence-electron chi connectivity index (χ4n) is 0. The van der Waals surface area contributed by atoms with Crippen LogP contribution in [0.3, 0.4) is 0 Å². The Morgan fingerprint density at radius 2 is 1.17 bits per heavy atom. The van der Waals surface area contributed by atoms with E-state index in [1.165, 1.54) is 0 Å². The first kappa shape index (κ1) is 13.9. The molecule has 12 heavy (non-hydrogen) atoms. The van der Waals surface area contributed by atoms with E-state index in [9.17, 15) is 17.6 Å². The van der Waals surface area contributed by atoms with Crippen LogP contribution < -0.4 is 0 Å². The van der Waals surface area contributed by atoms with Gasteiger partial charge in [0.25, 0.3) is 0 Å². The van der Waals surface area contributed by atoms with Crippen molar-refractivity contribution in [1.82, 2.24) is 0 Å². The van der Waals surface area contributed by atoms with E-state index in [0.29, 0.717) is 0 Å². The Morgan fingerprint density at radius 1 is 1.00 bits per heavy atom. The second-order valence-corrected chi connectivity index (χ2v) is 2.72. The minimum Gasteiger partial charge on any atom is -0.251 e. The summed E-state index contributed by atoms with van der Waals surface area (Å²) in [7, 11) is 0. The van der Waals surface area contributed by atoms with Gasteiger partial charge >= 0.3 is 12.2 Å². The summed E-state index contributed by atoms with van der Waals surface area (Å²) in [5.74, 6) is 0. The molecule has 0 aromatic heterocycles. The van der Waals surface area contributed by atoms with Crippen LogP contribution in [0.15, 0.2) is 12.2 Å². The van der Waals surface area contributed by atoms with Crippen LogP contribution in [-0.2, 0) is 4.89 Å². The Labute approximate surface area is 67.4 Å². The summed E-state index contributed by atoms with van der Waals surface area (Å²) in [5, 5.41) is 7.90. The summed E-state index contributed by atoms with van der Waals surface area (Å²) in [6.45, 7) is 5.31. The Kier molecular flexibility index (Phi) is 6.92. The first-order valence-electron chi connectivity index (χ1n) is 2.89. The van der Waals surface area contributed by atoms with Crippen molar-refractivity contribution in [3.63, 3.8) is 0 Å². The largest absolute Gasteiger partial charge is 0.334 e. The molecule has 0 radical (unpaired) electrons. The lowest BCUT2D eigenvalue weighted by Crippen LogP contribution is -2.15. The molecule has 6 heteroatoms. The predicted octanol–water partition coefficient (Wildman–Crippen LogP) is 3.27. The van der Waals surface area contributed by atoms with E-state index >= 15 is 0 Å². The van der Waals surface area contributed by atoms with Gasteiger partial charge in [-0.1, -0.05) is 0 Å². The molecule has 74 valence electrons. The number of hydrogen-bond donors (Lipinski definition) is 1. The molecule has 0 bridgehead atoms. The van der Waals surface area contributed by atoms with Crippen LogP contribution in [0.5, 0.6) is 0 Å². The second-order valence-electron chi connectivity index (χ2n) is 2.72. The lowest BCUT2D eigenvalue weighted by molar-refractivity contribution is -0.306. The highest BCUT2D eigenvalue weighted by Crippen LogP contribution is 2.08. The van der Waals surface area contributed by atoms with Gasteiger partial charge in [-0.15, -0.1) is 0 Å². The van der Waals surface area contributed by atoms with E-state index in [2.05, 4.69) is 4.89 Å². The van der Waals surface area contributed by atoms with Gasteiger partial charge in [-0.05, 0) is 20.8 Å². The summed E-state index contributed by atoms with van der Waals surface area (Å²) in [6.07, 6.45) is -5.81. The van der Waals surface area contributed by atoms with E-state index < -0.39 is 17.8 Å². The van der Waals surface area contributed by atoms with Gasteiger partial charge in [-0.25, -0.2) is 4.89 Å². The second kappa shape index (κ2) is 5.96. The summed E-state index contributed by atoms with van der Waals surface area (Å²) in [4.78, 5) is 3.94. The molecular formula is C6H10F4O2. The van der Waals surface area contributed by atoms with Gasteiger partial charge in [-0.2, -0.15) is 17.6 Å². The predicted molar refractivity (Wildman–Crippen MR) is 34.9 cm³/mol. The monoisotopic (exact) mass is 190 g/mol. The highest BCUT2D eigenvalue weighted by Gasteiger charge is 2.07. The van der Waals surface area contributed by atoms with Gasteiger partial charge in [0.2, 0.25) is 0 Å². The van der Waals surface area contributed by atoms with Crippen molar-refractivity contribution in [2.75, 3.05) is 0 Å². The maximum Gasteiger partial charge on any atom is 0.334 e. The number of rotatable bonds is 0. The zero-order valence-electron chi connectivity index (χ0n) is 6.87. The van der Waals surface area contributed by atoms with Crippen LogP contribution in [0.25, 0.3) is 0 Å². The van der Waals surface area contributed by atoms with Crippen LogP contribution >= 0.6 is 0 Å². The molecule has 0 saturated heterocycles. The fraction of sp³-hybridized carbons (Fsp3) is 0.667. The molecule has 0 saturated carbocycles. The van der Waals surface area contributed by atoms with E-state index in [0.717, 1.165) is 0 Å². The highest BCUT2D eigenvalue weighted by atomic mass is 19.3. The zero-order chi connectivity index (χ0) is 10.4. The molecule has 0 rings (SSSR count). The van der Waals surface area contributed by atoms with Crippen molar-refractivity contribution in [1.29, 1.82) is 0 Å². The molecule has 0 unspecified atom stereocenters. The van der Waals surface area contributed by atoms with Crippen molar-refractivity contribution in [3.05, 3.63) is 12.2 Å². The van der Waals surface area contributed by atoms with Crippen molar-refractivity contribution < 1.29 is 27.7 Å². The minimum atomic E-state index is -2.91. The average Bonchev–Trinajstić information content (AvgIpc) is 1.87. The maximum absolute atomic E-state index is 10.3. The standard InChI is InChI=1S/C4H10O2.C2F4/c1-4(2,3)6-5;3-1(4)2(5)6/h5H,1-3H3;. The third-order valence-electron chi connectivity index (χ3n) is 0.417. The van der Waals surface area contributed by atoms with Gasteiger partial charge in [0.1, 0.15) is 0 Å². The van der Waals surface area contributed by atoms with E-state index in [-0.39, 0.29) is 0 Å². The van der Waals surface area contributed by atoms with Crippen molar-refractivity contribution in [2.45, 2.75) is 26.4 Å². The van der Waals surface area contributed by atoms with E-state index in [1.807, 2.05) is 0 Å². The van der Waals surface area contributed by atoms with E-state index in [4.69, 9.17) is 5.26 Å². The lowest BCUT2D eigenvalue weighted by atomic mass is 10.2. The molecule has 0 aromatic rings. The molecular weight excluding hydrogens is 180 g/mol. The van der Waals surface area contributed by atoms with E-state index in [1.54, 1.807) is 20.8 Å². The molecule has 0 heterocycles. The van der Waals surface area contributed by atoms with Gasteiger partial charge in [0, 0.05) is 0 Å². The molecule has 0 aliphatic rings. The summed E-state index contributed by atoms with van der Waals surface area (Å²) in [5.41, 5.74) is -0.403. The van der Waals surface area contributed by atoms with Crippen LogP contribution in [0.2, 0.25) is 0 Å². The zero-order valence-corrected chi connectivity index (χ0v) is 6.87. The quantitative estimate of drug-likeness (QED) is 0.361. The molecule has 0 amide bonds. The maximum atomic E-state index is 10.3. The third-order valence-corrected chi connectivity index (χ3v) is 0.417. The summed E-state index contributed by atoms with van der Waals surface area (Å²) in [6, 6.07) is 0. The Hall–Kier alpha value is -0.620. The lowest BCUT2D eigenvalue weighted by Gasteiger charge is -2.10. The molecule has 0 aliphatic carbocycles. The highest BCUT2D eigenvalue weighted by molar-refractivity contribution is 4.77. The first-order chi connectivity index (χ1) is 5.20. The fourth-order valence-corrected chi connectivity index (χ4v) is 0. The van der Waals surface area contributed by atoms with Crippen molar-refractivity contribution >= 4 is 0 Å². The molecule has 2 nitrogen and oxygen atoms in total. The number of halogens is 4. The Balaban J connectivity index is 0. The van der Waals surface area contributed by atoms with Crippen LogP contribution in [0.1, 0.15) is 20.8 Å². The minimum absolute atomic E-state index is 0.403. The third kappa shape index (κ3) is 16.2. The van der Waals surface area contributed by atoms with Gasteiger partial charge in [0.15, 0.2) is 0 Å². The van der Waals surface area contributed by atoms with Gasteiger partial charge in [0.05, 0.1) is 5.60 Å². The average molecular weight is 190 g/mol. The van der Waals surface area contributed by atoms with Crippen molar-refractivity contribution in [2.24, 2.45) is 0 Å². The van der Waals surface area contributed by atoms with Gasteiger partial charge < -0.3 is 0 Å². The molecule has 0 fully saturated rings. The van der Waals surface area contributed by atoms with Gasteiger partial charge in [-0.3, -0.25) is 5.26 Å². The molecule has 0 atom stereocenters. The smallest absolute Gasteiger partial charge is 0.251 e. The Morgan fingerprint density at radius 3 is 1.17 bits per heavy atom. The summed E-state index contributed by atoms with van der Waals surface area (Å²) < 4.78 is 41.1. The normalized spacial score (nSPS) is 10.0. The molecule has 0 aliphatic heterocycles. The topological polar surface area (TPSA) is 29.5 Å². The number of hydrogen-bond acceptors (Lipinski definition) is 2.